The third-order valence-electron chi connectivity index (χ3n) is 3.83. The predicted octanol–water partition coefficient (Wildman–Crippen LogP) is 3.63. The predicted molar refractivity (Wildman–Crippen MR) is 88.7 cm³/mol. The Hall–Kier alpha value is -2.56. The van der Waals surface area contributed by atoms with Gasteiger partial charge in [0.1, 0.15) is 6.61 Å². The van der Waals surface area contributed by atoms with Gasteiger partial charge in [0.2, 0.25) is 0 Å². The quantitative estimate of drug-likeness (QED) is 0.869. The average molecular weight is 311 g/mol. The number of aromatic nitrogens is 2. The molecule has 0 N–H and O–H groups in total. The highest BCUT2D eigenvalue weighted by Gasteiger charge is 2.18. The highest BCUT2D eigenvalue weighted by Crippen LogP contribution is 2.18. The fourth-order valence-corrected chi connectivity index (χ4v) is 2.47. The molecule has 0 saturated heterocycles. The summed E-state index contributed by atoms with van der Waals surface area (Å²) in [6, 6.07) is 10.0. The van der Waals surface area contributed by atoms with Crippen molar-refractivity contribution in [3.63, 3.8) is 0 Å². The summed E-state index contributed by atoms with van der Waals surface area (Å²) in [4.78, 5) is 13.8. The molecule has 0 fully saturated rings. The van der Waals surface area contributed by atoms with Gasteiger partial charge >= 0.3 is 6.09 Å². The molecule has 2 aromatic rings. The van der Waals surface area contributed by atoms with Gasteiger partial charge in [-0.3, -0.25) is 9.58 Å². The van der Waals surface area contributed by atoms with Crippen molar-refractivity contribution in [3.05, 3.63) is 59.5 Å². The standard InChI is InChI=1S/C18H21N3O2/c1-14(2)21-12-16-8-10-20(11-9-17(16)19-21)18(22)23-13-15-6-4-3-5-7-15/h3-8,10,12,14H,9,11,13H2,1-2H3. The molecule has 0 bridgehead atoms. The summed E-state index contributed by atoms with van der Waals surface area (Å²) in [7, 11) is 0. The molecule has 0 aliphatic carbocycles. The fraction of sp³-hybridized carbons (Fsp3) is 0.333. The van der Waals surface area contributed by atoms with Crippen LogP contribution in [0.3, 0.4) is 0 Å². The van der Waals surface area contributed by atoms with E-state index in [2.05, 4.69) is 18.9 Å². The van der Waals surface area contributed by atoms with E-state index >= 15 is 0 Å². The van der Waals surface area contributed by atoms with E-state index in [0.29, 0.717) is 12.6 Å². The monoisotopic (exact) mass is 311 g/mol. The van der Waals surface area contributed by atoms with Crippen LogP contribution < -0.4 is 0 Å². The van der Waals surface area contributed by atoms with Crippen LogP contribution in [-0.2, 0) is 17.8 Å². The lowest BCUT2D eigenvalue weighted by Gasteiger charge is -2.16. The van der Waals surface area contributed by atoms with Crippen molar-refractivity contribution in [1.82, 2.24) is 14.7 Å². The van der Waals surface area contributed by atoms with Crippen molar-refractivity contribution in [2.24, 2.45) is 0 Å². The summed E-state index contributed by atoms with van der Waals surface area (Å²) in [5, 5.41) is 4.58. The Bertz CT molecular complexity index is 704. The first-order chi connectivity index (χ1) is 11.1. The van der Waals surface area contributed by atoms with E-state index in [1.54, 1.807) is 11.1 Å². The van der Waals surface area contributed by atoms with Crippen molar-refractivity contribution in [3.8, 4) is 0 Å². The molecule has 0 spiro atoms. The zero-order valence-corrected chi connectivity index (χ0v) is 13.5. The van der Waals surface area contributed by atoms with Gasteiger partial charge in [-0.05, 0) is 25.5 Å². The maximum absolute atomic E-state index is 12.2. The lowest BCUT2D eigenvalue weighted by Crippen LogP contribution is -2.28. The third-order valence-corrected chi connectivity index (χ3v) is 3.83. The Balaban J connectivity index is 1.62. The molecule has 120 valence electrons. The van der Waals surface area contributed by atoms with E-state index in [0.717, 1.165) is 23.2 Å². The van der Waals surface area contributed by atoms with Crippen LogP contribution >= 0.6 is 0 Å². The van der Waals surface area contributed by atoms with Crippen LogP contribution in [0.15, 0.2) is 42.7 Å². The Kier molecular flexibility index (Phi) is 4.46. The number of carbonyl (C=O) groups excluding carboxylic acids is 1. The minimum Gasteiger partial charge on any atom is -0.444 e. The number of nitrogens with zero attached hydrogens (tertiary/aromatic N) is 3. The van der Waals surface area contributed by atoms with E-state index in [-0.39, 0.29) is 12.7 Å². The van der Waals surface area contributed by atoms with Crippen molar-refractivity contribution >= 4 is 12.2 Å². The van der Waals surface area contributed by atoms with E-state index in [9.17, 15) is 4.79 Å². The first kappa shape index (κ1) is 15.3. The fourth-order valence-electron chi connectivity index (χ4n) is 2.47. The Morgan fingerprint density at radius 1 is 1.30 bits per heavy atom. The second-order valence-electron chi connectivity index (χ2n) is 5.90. The number of rotatable bonds is 3. The summed E-state index contributed by atoms with van der Waals surface area (Å²) in [6.45, 7) is 5.06. The van der Waals surface area contributed by atoms with Crippen LogP contribution in [0.2, 0.25) is 0 Å². The van der Waals surface area contributed by atoms with E-state index in [4.69, 9.17) is 4.74 Å². The number of carbonyl (C=O) groups is 1. The summed E-state index contributed by atoms with van der Waals surface area (Å²) in [6.07, 6.45) is 6.13. The maximum Gasteiger partial charge on any atom is 0.414 e. The van der Waals surface area contributed by atoms with E-state index in [1.807, 2.05) is 47.3 Å². The molecule has 0 saturated carbocycles. The van der Waals surface area contributed by atoms with Gasteiger partial charge < -0.3 is 4.74 Å². The second kappa shape index (κ2) is 6.69. The molecular weight excluding hydrogens is 290 g/mol. The van der Waals surface area contributed by atoms with Crippen LogP contribution in [0.1, 0.15) is 36.7 Å². The minimum absolute atomic E-state index is 0.286. The lowest BCUT2D eigenvalue weighted by atomic mass is 10.2. The third kappa shape index (κ3) is 3.62. The summed E-state index contributed by atoms with van der Waals surface area (Å²) >= 11 is 0. The van der Waals surface area contributed by atoms with Gasteiger partial charge in [0, 0.05) is 37.0 Å². The molecule has 1 amide bonds. The van der Waals surface area contributed by atoms with Crippen LogP contribution in [0, 0.1) is 0 Å². The minimum atomic E-state index is -0.327. The Morgan fingerprint density at radius 3 is 2.83 bits per heavy atom. The molecule has 1 aromatic heterocycles. The van der Waals surface area contributed by atoms with Gasteiger partial charge in [-0.15, -0.1) is 0 Å². The van der Waals surface area contributed by atoms with Gasteiger partial charge in [-0.1, -0.05) is 30.3 Å². The summed E-state index contributed by atoms with van der Waals surface area (Å²) < 4.78 is 7.33. The molecular formula is C18H21N3O2. The number of fused-ring (bicyclic) bond motifs is 1. The zero-order chi connectivity index (χ0) is 16.2. The summed E-state index contributed by atoms with van der Waals surface area (Å²) in [5.74, 6) is 0. The largest absolute Gasteiger partial charge is 0.444 e. The molecule has 1 aliphatic rings. The SMILES string of the molecule is CC(C)n1cc2c(n1)CCN(C(=O)OCc1ccccc1)C=C2. The Morgan fingerprint density at radius 2 is 2.09 bits per heavy atom. The molecule has 5 heteroatoms. The van der Waals surface area contributed by atoms with Crippen LogP contribution in [0.25, 0.3) is 6.08 Å². The lowest BCUT2D eigenvalue weighted by molar-refractivity contribution is 0.111. The number of hydrogen-bond acceptors (Lipinski definition) is 3. The number of benzene rings is 1. The smallest absolute Gasteiger partial charge is 0.414 e. The molecule has 0 radical (unpaired) electrons. The van der Waals surface area contributed by atoms with Crippen LogP contribution in [-0.4, -0.2) is 27.3 Å². The van der Waals surface area contributed by atoms with E-state index < -0.39 is 0 Å². The van der Waals surface area contributed by atoms with E-state index in [1.165, 1.54) is 0 Å². The molecule has 0 atom stereocenters. The van der Waals surface area contributed by atoms with Gasteiger partial charge in [0.25, 0.3) is 0 Å². The normalized spacial score (nSPS) is 13.8. The molecule has 3 rings (SSSR count). The average Bonchev–Trinajstić information content (AvgIpc) is 2.87. The first-order valence-electron chi connectivity index (χ1n) is 7.87. The van der Waals surface area contributed by atoms with Gasteiger partial charge in [-0.25, -0.2) is 4.79 Å². The maximum atomic E-state index is 12.2. The molecule has 2 heterocycles. The molecule has 23 heavy (non-hydrogen) atoms. The van der Waals surface area contributed by atoms with Gasteiger partial charge in [0.05, 0.1) is 5.69 Å². The first-order valence-corrected chi connectivity index (χ1v) is 7.87. The molecule has 1 aliphatic heterocycles. The van der Waals surface area contributed by atoms with Crippen molar-refractivity contribution < 1.29 is 9.53 Å². The second-order valence-corrected chi connectivity index (χ2v) is 5.90. The van der Waals surface area contributed by atoms with Crippen molar-refractivity contribution in [2.75, 3.05) is 6.54 Å². The molecule has 1 aromatic carbocycles. The van der Waals surface area contributed by atoms with Crippen molar-refractivity contribution in [2.45, 2.75) is 32.9 Å². The molecule has 0 unspecified atom stereocenters. The highest BCUT2D eigenvalue weighted by molar-refractivity contribution is 5.71. The number of amides is 1. The highest BCUT2D eigenvalue weighted by atomic mass is 16.6. The van der Waals surface area contributed by atoms with Crippen molar-refractivity contribution in [1.29, 1.82) is 0 Å². The van der Waals surface area contributed by atoms with Gasteiger partial charge in [-0.2, -0.15) is 5.10 Å². The molecule has 5 nitrogen and oxygen atoms in total. The van der Waals surface area contributed by atoms with Gasteiger partial charge in [0.15, 0.2) is 0 Å². The van der Waals surface area contributed by atoms with Crippen LogP contribution in [0.5, 0.6) is 0 Å². The summed E-state index contributed by atoms with van der Waals surface area (Å²) in [5.41, 5.74) is 3.07. The number of ether oxygens (including phenoxy) is 1. The van der Waals surface area contributed by atoms with Crippen LogP contribution in [0.4, 0.5) is 4.79 Å². The Labute approximate surface area is 136 Å². The zero-order valence-electron chi connectivity index (χ0n) is 13.5. The number of hydrogen-bond donors (Lipinski definition) is 0. The topological polar surface area (TPSA) is 47.4 Å².